The van der Waals surface area contributed by atoms with Crippen molar-refractivity contribution in [1.29, 1.82) is 0 Å². The highest BCUT2D eigenvalue weighted by Crippen LogP contribution is 2.17. The molecule has 1 heterocycles. The fraction of sp³-hybridized carbons (Fsp3) is 0.625. The highest BCUT2D eigenvalue weighted by atomic mass is 19.1. The highest BCUT2D eigenvalue weighted by Gasteiger charge is 2.34. The zero-order valence-electron chi connectivity index (χ0n) is 12.8. The number of hydrogen-bond donors (Lipinski definition) is 0. The lowest BCUT2D eigenvalue weighted by molar-refractivity contribution is 0.0806. The number of halogens is 2. The second-order valence-corrected chi connectivity index (χ2v) is 5.73. The van der Waals surface area contributed by atoms with Crippen LogP contribution in [0.2, 0.25) is 0 Å². The zero-order valence-corrected chi connectivity index (χ0v) is 12.8. The van der Waals surface area contributed by atoms with E-state index in [9.17, 15) is 8.78 Å². The summed E-state index contributed by atoms with van der Waals surface area (Å²) in [6.07, 6.45) is 4.80. The first kappa shape index (κ1) is 16.4. The molecule has 0 unspecified atom stereocenters. The topological polar surface area (TPSA) is 18.5 Å². The Morgan fingerprint density at radius 2 is 1.71 bits per heavy atom. The average Bonchev–Trinajstić information content (AvgIpc) is 2.46. The molecule has 0 N–H and O–H groups in total. The lowest BCUT2D eigenvalue weighted by Gasteiger charge is -2.27. The van der Waals surface area contributed by atoms with Crippen LogP contribution in [-0.4, -0.2) is 20.3 Å². The van der Waals surface area contributed by atoms with E-state index in [2.05, 4.69) is 6.92 Å². The van der Waals surface area contributed by atoms with Gasteiger partial charge in [0.25, 0.3) is 0 Å². The maximum absolute atomic E-state index is 14.1. The van der Waals surface area contributed by atoms with E-state index in [1.165, 1.54) is 12.1 Å². The number of aryl methyl sites for hydroxylation is 1. The molecular formula is C16H23BF2O2. The van der Waals surface area contributed by atoms with E-state index in [0.717, 1.165) is 25.7 Å². The molecule has 1 aromatic carbocycles. The first-order valence-electron chi connectivity index (χ1n) is 7.86. The lowest BCUT2D eigenvalue weighted by Crippen LogP contribution is -2.47. The molecule has 0 amide bonds. The van der Waals surface area contributed by atoms with Gasteiger partial charge in [0.15, 0.2) is 0 Å². The fourth-order valence-electron chi connectivity index (χ4n) is 2.66. The van der Waals surface area contributed by atoms with E-state index in [-0.39, 0.29) is 5.46 Å². The van der Waals surface area contributed by atoms with Gasteiger partial charge in [-0.15, -0.1) is 0 Å². The number of hydrogen-bond acceptors (Lipinski definition) is 2. The summed E-state index contributed by atoms with van der Waals surface area (Å²) in [5, 5.41) is 0. The Kier molecular flexibility index (Phi) is 6.18. The maximum Gasteiger partial charge on any atom is 0.499 e. The van der Waals surface area contributed by atoms with Crippen molar-refractivity contribution in [1.82, 2.24) is 0 Å². The molecule has 0 spiro atoms. The van der Waals surface area contributed by atoms with E-state index in [1.807, 2.05) is 6.92 Å². The largest absolute Gasteiger partial charge is 0.499 e. The molecule has 1 aliphatic heterocycles. The molecule has 2 rings (SSSR count). The minimum atomic E-state index is -0.918. The van der Waals surface area contributed by atoms with Crippen LogP contribution < -0.4 is 5.46 Å². The first-order chi connectivity index (χ1) is 10.2. The Morgan fingerprint density at radius 3 is 2.24 bits per heavy atom. The van der Waals surface area contributed by atoms with Crippen molar-refractivity contribution in [3.63, 3.8) is 0 Å². The van der Waals surface area contributed by atoms with Gasteiger partial charge in [0.1, 0.15) is 11.6 Å². The lowest BCUT2D eigenvalue weighted by atomic mass is 9.75. The highest BCUT2D eigenvalue weighted by molar-refractivity contribution is 6.61. The van der Waals surface area contributed by atoms with Gasteiger partial charge in [0, 0.05) is 19.1 Å². The van der Waals surface area contributed by atoms with Gasteiger partial charge in [-0.3, -0.25) is 0 Å². The molecule has 0 saturated carbocycles. The number of rotatable bonds is 6. The van der Waals surface area contributed by atoms with Crippen LogP contribution in [0.5, 0.6) is 0 Å². The Labute approximate surface area is 126 Å². The fourth-order valence-corrected chi connectivity index (χ4v) is 2.66. The summed E-state index contributed by atoms with van der Waals surface area (Å²) >= 11 is 0. The predicted molar refractivity (Wildman–Crippen MR) is 80.7 cm³/mol. The third kappa shape index (κ3) is 4.27. The predicted octanol–water partition coefficient (Wildman–Crippen LogP) is 3.47. The molecule has 2 nitrogen and oxygen atoms in total. The van der Waals surface area contributed by atoms with Crippen molar-refractivity contribution in [3.8, 4) is 0 Å². The van der Waals surface area contributed by atoms with E-state index in [0.29, 0.717) is 31.1 Å². The van der Waals surface area contributed by atoms with Gasteiger partial charge in [-0.1, -0.05) is 33.1 Å². The summed E-state index contributed by atoms with van der Waals surface area (Å²) in [4.78, 5) is 0. The molecule has 0 bridgehead atoms. The zero-order chi connectivity index (χ0) is 15.2. The van der Waals surface area contributed by atoms with Gasteiger partial charge >= 0.3 is 7.12 Å². The molecular weight excluding hydrogens is 273 g/mol. The molecule has 1 aliphatic rings. The summed E-state index contributed by atoms with van der Waals surface area (Å²) < 4.78 is 39.3. The molecule has 0 atom stereocenters. The van der Waals surface area contributed by atoms with E-state index >= 15 is 0 Å². The maximum atomic E-state index is 14.1. The molecule has 116 valence electrons. The Morgan fingerprint density at radius 1 is 1.10 bits per heavy atom. The van der Waals surface area contributed by atoms with Crippen molar-refractivity contribution in [2.75, 3.05) is 13.2 Å². The van der Waals surface area contributed by atoms with Gasteiger partial charge in [0.2, 0.25) is 0 Å². The van der Waals surface area contributed by atoms with Crippen LogP contribution in [-0.2, 0) is 15.7 Å². The second-order valence-electron chi connectivity index (χ2n) is 5.73. The molecule has 21 heavy (non-hydrogen) atoms. The van der Waals surface area contributed by atoms with Crippen LogP contribution in [0.3, 0.4) is 0 Å². The molecule has 0 radical (unpaired) electrons. The molecule has 1 saturated heterocycles. The van der Waals surface area contributed by atoms with Gasteiger partial charge in [0.05, 0.1) is 5.46 Å². The summed E-state index contributed by atoms with van der Waals surface area (Å²) in [7, 11) is -0.918. The molecule has 0 aliphatic carbocycles. The number of unbranched alkanes of at least 4 members (excludes halogenated alkanes) is 1. The normalized spacial score (nSPS) is 16.5. The minimum Gasteiger partial charge on any atom is -0.407 e. The van der Waals surface area contributed by atoms with E-state index in [4.69, 9.17) is 9.31 Å². The third-order valence-corrected chi connectivity index (χ3v) is 3.85. The van der Waals surface area contributed by atoms with Gasteiger partial charge in [-0.2, -0.15) is 0 Å². The van der Waals surface area contributed by atoms with Crippen LogP contribution in [0.1, 0.15) is 45.1 Å². The van der Waals surface area contributed by atoms with Crippen molar-refractivity contribution in [3.05, 3.63) is 29.3 Å². The standard InChI is InChI=1S/C16H23BF2O2/c1-3-5-7-13-10-20-17(21-11-13)16-14(18)8-12(6-4-2)9-15(16)19/h8-9,13H,3-7,10-11H2,1-2H3. The quantitative estimate of drug-likeness (QED) is 0.748. The van der Waals surface area contributed by atoms with Crippen LogP contribution in [0, 0.1) is 17.6 Å². The van der Waals surface area contributed by atoms with Gasteiger partial charge in [-0.05, 0) is 30.5 Å². The summed E-state index contributed by atoms with van der Waals surface area (Å²) in [5.41, 5.74) is 0.580. The van der Waals surface area contributed by atoms with Gasteiger partial charge in [-0.25, -0.2) is 8.78 Å². The van der Waals surface area contributed by atoms with Crippen LogP contribution in [0.25, 0.3) is 0 Å². The van der Waals surface area contributed by atoms with Crippen LogP contribution in [0.15, 0.2) is 12.1 Å². The van der Waals surface area contributed by atoms with Crippen molar-refractivity contribution in [2.24, 2.45) is 5.92 Å². The molecule has 1 aromatic rings. The SMILES string of the molecule is CCCCC1COB(c2c(F)cc(CCC)cc2F)OC1. The Balaban J connectivity index is 2.03. The summed E-state index contributed by atoms with van der Waals surface area (Å²) in [5.74, 6) is -0.822. The molecule has 5 heteroatoms. The summed E-state index contributed by atoms with van der Waals surface area (Å²) in [6, 6.07) is 2.77. The van der Waals surface area contributed by atoms with Crippen molar-refractivity contribution >= 4 is 12.6 Å². The smallest absolute Gasteiger partial charge is 0.407 e. The first-order valence-corrected chi connectivity index (χ1v) is 7.86. The van der Waals surface area contributed by atoms with Crippen LogP contribution in [0.4, 0.5) is 8.78 Å². The van der Waals surface area contributed by atoms with E-state index in [1.54, 1.807) is 0 Å². The van der Waals surface area contributed by atoms with Crippen molar-refractivity contribution < 1.29 is 18.1 Å². The Hall–Kier alpha value is -0.935. The Bertz CT molecular complexity index is 437. The molecule has 0 aromatic heterocycles. The van der Waals surface area contributed by atoms with Gasteiger partial charge < -0.3 is 9.31 Å². The van der Waals surface area contributed by atoms with Crippen molar-refractivity contribution in [2.45, 2.75) is 46.0 Å². The third-order valence-electron chi connectivity index (χ3n) is 3.85. The summed E-state index contributed by atoms with van der Waals surface area (Å²) in [6.45, 7) is 5.12. The number of benzene rings is 1. The average molecular weight is 296 g/mol. The van der Waals surface area contributed by atoms with E-state index < -0.39 is 18.8 Å². The minimum absolute atomic E-state index is 0.0937. The van der Waals surface area contributed by atoms with Crippen LogP contribution >= 0.6 is 0 Å². The second kappa shape index (κ2) is 7.90. The monoisotopic (exact) mass is 296 g/mol. The molecule has 1 fully saturated rings.